The molecule has 1 aromatic rings. The van der Waals surface area contributed by atoms with Gasteiger partial charge in [0.25, 0.3) is 0 Å². The van der Waals surface area contributed by atoms with Crippen LogP contribution in [-0.4, -0.2) is 14.5 Å². The number of rotatable bonds is 3. The Morgan fingerprint density at radius 3 is 2.70 bits per heavy atom. The molecule has 108 valence electrons. The third kappa shape index (κ3) is 3.38. The summed E-state index contributed by atoms with van der Waals surface area (Å²) in [6.07, 6.45) is 2.97. The summed E-state index contributed by atoms with van der Waals surface area (Å²) in [5.74, 6) is 1.00. The van der Waals surface area contributed by atoms with Crippen molar-refractivity contribution in [2.24, 2.45) is 11.8 Å². The van der Waals surface area contributed by atoms with Gasteiger partial charge in [-0.3, -0.25) is 0 Å². The molecule has 0 aromatic heterocycles. The van der Waals surface area contributed by atoms with Gasteiger partial charge in [-0.1, -0.05) is 19.9 Å². The fourth-order valence-electron chi connectivity index (χ4n) is 2.84. The van der Waals surface area contributed by atoms with Crippen LogP contribution in [0.5, 0.6) is 0 Å². The zero-order chi connectivity index (χ0) is 14.8. The van der Waals surface area contributed by atoms with Crippen LogP contribution in [0.25, 0.3) is 0 Å². The molecule has 1 fully saturated rings. The smallest absolute Gasteiger partial charge is 0.208 e. The van der Waals surface area contributed by atoms with E-state index in [0.717, 1.165) is 19.3 Å². The molecule has 1 aromatic carbocycles. The lowest BCUT2D eigenvalue weighted by atomic mass is 9.80. The molecular formula is C15H20N2O2S. The Morgan fingerprint density at radius 2 is 2.05 bits per heavy atom. The Kier molecular flexibility index (Phi) is 4.46. The van der Waals surface area contributed by atoms with Crippen LogP contribution in [0.4, 0.5) is 0 Å². The van der Waals surface area contributed by atoms with Crippen molar-refractivity contribution in [3.05, 3.63) is 29.8 Å². The fourth-order valence-corrected chi connectivity index (χ4v) is 4.27. The number of hydrogen-bond acceptors (Lipinski definition) is 3. The molecule has 0 saturated heterocycles. The molecular weight excluding hydrogens is 272 g/mol. The first-order chi connectivity index (χ1) is 9.42. The van der Waals surface area contributed by atoms with Crippen molar-refractivity contribution < 1.29 is 8.42 Å². The summed E-state index contributed by atoms with van der Waals surface area (Å²) in [6.45, 7) is 4.30. The van der Waals surface area contributed by atoms with Gasteiger partial charge in [-0.05, 0) is 49.3 Å². The van der Waals surface area contributed by atoms with Crippen LogP contribution >= 0.6 is 0 Å². The lowest BCUT2D eigenvalue weighted by Gasteiger charge is -2.32. The minimum absolute atomic E-state index is 0.0121. The van der Waals surface area contributed by atoms with Crippen molar-refractivity contribution in [3.63, 3.8) is 0 Å². The topological polar surface area (TPSA) is 70.0 Å². The Morgan fingerprint density at radius 1 is 1.30 bits per heavy atom. The predicted molar refractivity (Wildman–Crippen MR) is 77.4 cm³/mol. The molecule has 1 aliphatic carbocycles. The number of sulfonamides is 1. The lowest BCUT2D eigenvalue weighted by Crippen LogP contribution is -2.42. The van der Waals surface area contributed by atoms with E-state index in [1.165, 1.54) is 12.1 Å². The second kappa shape index (κ2) is 5.94. The molecule has 2 rings (SSSR count). The van der Waals surface area contributed by atoms with Gasteiger partial charge in [0.2, 0.25) is 10.0 Å². The van der Waals surface area contributed by atoms with Gasteiger partial charge in [-0.25, -0.2) is 13.1 Å². The van der Waals surface area contributed by atoms with Crippen LogP contribution in [0.3, 0.4) is 0 Å². The van der Waals surface area contributed by atoms with Gasteiger partial charge < -0.3 is 0 Å². The molecule has 0 aliphatic heterocycles. The van der Waals surface area contributed by atoms with Crippen molar-refractivity contribution in [1.82, 2.24) is 4.72 Å². The molecule has 3 unspecified atom stereocenters. The Balaban J connectivity index is 2.17. The Labute approximate surface area is 120 Å². The minimum atomic E-state index is -3.54. The zero-order valence-corrected chi connectivity index (χ0v) is 12.7. The van der Waals surface area contributed by atoms with Crippen molar-refractivity contribution in [2.45, 2.75) is 44.0 Å². The van der Waals surface area contributed by atoms with E-state index in [4.69, 9.17) is 5.26 Å². The van der Waals surface area contributed by atoms with E-state index in [9.17, 15) is 8.42 Å². The molecule has 0 radical (unpaired) electrons. The van der Waals surface area contributed by atoms with Crippen molar-refractivity contribution >= 4 is 10.0 Å². The summed E-state index contributed by atoms with van der Waals surface area (Å²) in [6, 6.07) is 8.09. The molecule has 0 spiro atoms. The zero-order valence-electron chi connectivity index (χ0n) is 11.8. The van der Waals surface area contributed by atoms with Crippen LogP contribution in [0.15, 0.2) is 29.2 Å². The highest BCUT2D eigenvalue weighted by molar-refractivity contribution is 7.89. The van der Waals surface area contributed by atoms with Crippen LogP contribution in [0.1, 0.15) is 38.7 Å². The van der Waals surface area contributed by atoms with E-state index >= 15 is 0 Å². The van der Waals surface area contributed by atoms with Crippen LogP contribution in [0.2, 0.25) is 0 Å². The molecule has 1 N–H and O–H groups in total. The van der Waals surface area contributed by atoms with Gasteiger partial charge in [-0.2, -0.15) is 5.26 Å². The molecule has 0 amide bonds. The van der Waals surface area contributed by atoms with Gasteiger partial charge in [-0.15, -0.1) is 0 Å². The molecule has 5 heteroatoms. The lowest BCUT2D eigenvalue weighted by molar-refractivity contribution is 0.249. The second-order valence-corrected chi connectivity index (χ2v) is 7.48. The first-order valence-corrected chi connectivity index (χ1v) is 8.43. The highest BCUT2D eigenvalue weighted by atomic mass is 32.2. The largest absolute Gasteiger partial charge is 0.240 e. The molecule has 4 nitrogen and oxygen atoms in total. The quantitative estimate of drug-likeness (QED) is 0.931. The maximum atomic E-state index is 12.4. The molecule has 3 atom stereocenters. The van der Waals surface area contributed by atoms with E-state index in [0.29, 0.717) is 17.4 Å². The van der Waals surface area contributed by atoms with Gasteiger partial charge in [0.05, 0.1) is 16.5 Å². The first-order valence-electron chi connectivity index (χ1n) is 6.95. The van der Waals surface area contributed by atoms with E-state index in [-0.39, 0.29) is 10.9 Å². The predicted octanol–water partition coefficient (Wildman–Crippen LogP) is 2.66. The van der Waals surface area contributed by atoms with Gasteiger partial charge in [0.1, 0.15) is 0 Å². The summed E-state index contributed by atoms with van der Waals surface area (Å²) >= 11 is 0. The SMILES string of the molecule is CC1CCC(NS(=O)(=O)c2cccc(C#N)c2)C(C)C1. The normalized spacial score (nSPS) is 26.9. The summed E-state index contributed by atoms with van der Waals surface area (Å²) in [5.41, 5.74) is 0.359. The van der Waals surface area contributed by atoms with Crippen LogP contribution in [0, 0.1) is 23.2 Å². The van der Waals surface area contributed by atoms with Crippen LogP contribution in [-0.2, 0) is 10.0 Å². The van der Waals surface area contributed by atoms with Gasteiger partial charge in [0, 0.05) is 6.04 Å². The second-order valence-electron chi connectivity index (χ2n) is 5.76. The first kappa shape index (κ1) is 15.0. The fraction of sp³-hybridized carbons (Fsp3) is 0.533. The van der Waals surface area contributed by atoms with E-state index < -0.39 is 10.0 Å². The number of nitriles is 1. The molecule has 1 aliphatic rings. The summed E-state index contributed by atoms with van der Waals surface area (Å²) in [4.78, 5) is 0.169. The molecule has 1 saturated carbocycles. The highest BCUT2D eigenvalue weighted by Crippen LogP contribution is 2.29. The summed E-state index contributed by atoms with van der Waals surface area (Å²) in [7, 11) is -3.54. The maximum Gasteiger partial charge on any atom is 0.240 e. The van der Waals surface area contributed by atoms with Crippen molar-refractivity contribution in [3.8, 4) is 6.07 Å². The standard InChI is InChI=1S/C15H20N2O2S/c1-11-6-7-15(12(2)8-11)17-20(18,19)14-5-3-4-13(9-14)10-16/h3-5,9,11-12,15,17H,6-8H2,1-2H3. The Hall–Kier alpha value is -1.38. The average Bonchev–Trinajstić information content (AvgIpc) is 2.42. The monoisotopic (exact) mass is 292 g/mol. The molecule has 0 bridgehead atoms. The van der Waals surface area contributed by atoms with Crippen molar-refractivity contribution in [2.75, 3.05) is 0 Å². The van der Waals surface area contributed by atoms with E-state index in [2.05, 4.69) is 18.6 Å². The number of nitrogens with one attached hydrogen (secondary N) is 1. The summed E-state index contributed by atoms with van der Waals surface area (Å²) in [5, 5.41) is 8.86. The van der Waals surface area contributed by atoms with Gasteiger partial charge in [0.15, 0.2) is 0 Å². The van der Waals surface area contributed by atoms with Gasteiger partial charge >= 0.3 is 0 Å². The summed E-state index contributed by atoms with van der Waals surface area (Å²) < 4.78 is 27.5. The third-order valence-electron chi connectivity index (χ3n) is 4.01. The van der Waals surface area contributed by atoms with E-state index in [1.807, 2.05) is 6.07 Å². The highest BCUT2D eigenvalue weighted by Gasteiger charge is 2.29. The molecule has 0 heterocycles. The Bertz CT molecular complexity index is 619. The van der Waals surface area contributed by atoms with E-state index in [1.54, 1.807) is 12.1 Å². The maximum absolute atomic E-state index is 12.4. The van der Waals surface area contributed by atoms with Crippen LogP contribution < -0.4 is 4.72 Å². The third-order valence-corrected chi connectivity index (χ3v) is 5.50. The van der Waals surface area contributed by atoms with Crippen molar-refractivity contribution in [1.29, 1.82) is 5.26 Å². The number of hydrogen-bond donors (Lipinski definition) is 1. The molecule has 20 heavy (non-hydrogen) atoms. The average molecular weight is 292 g/mol. The number of benzene rings is 1. The number of nitrogens with zero attached hydrogens (tertiary/aromatic N) is 1. The minimum Gasteiger partial charge on any atom is -0.208 e.